The second kappa shape index (κ2) is 5.38. The van der Waals surface area contributed by atoms with Crippen molar-refractivity contribution in [2.75, 3.05) is 13.6 Å². The highest BCUT2D eigenvalue weighted by Gasteiger charge is 2.33. The van der Waals surface area contributed by atoms with Gasteiger partial charge in [-0.3, -0.25) is 9.79 Å². The van der Waals surface area contributed by atoms with E-state index in [9.17, 15) is 4.79 Å². The smallest absolute Gasteiger partial charge is 0.239 e. The Balaban J connectivity index is 2.26. The molecule has 0 radical (unpaired) electrons. The van der Waals surface area contributed by atoms with Crippen LogP contribution in [0.5, 0.6) is 0 Å². The van der Waals surface area contributed by atoms with Crippen LogP contribution in [0.2, 0.25) is 0 Å². The van der Waals surface area contributed by atoms with E-state index >= 15 is 0 Å². The van der Waals surface area contributed by atoms with E-state index in [2.05, 4.69) is 27.9 Å². The molecule has 3 N–H and O–H groups in total. The fourth-order valence-electron chi connectivity index (χ4n) is 1.52. The van der Waals surface area contributed by atoms with Gasteiger partial charge in [0.1, 0.15) is 0 Å². The Morgan fingerprint density at radius 2 is 2.00 bits per heavy atom. The molecule has 1 amide bonds. The molecule has 0 saturated heterocycles. The highest BCUT2D eigenvalue weighted by molar-refractivity contribution is 5.86. The maximum Gasteiger partial charge on any atom is 0.239 e. The van der Waals surface area contributed by atoms with Crippen molar-refractivity contribution >= 4 is 11.9 Å². The molecular formula is C12H24N4O. The molecule has 1 aliphatic rings. The first-order valence-electron chi connectivity index (χ1n) is 6.10. The molecule has 1 saturated carbocycles. The van der Waals surface area contributed by atoms with Crippen LogP contribution in [-0.4, -0.2) is 37.0 Å². The zero-order chi connectivity index (χ0) is 13.1. The quantitative estimate of drug-likeness (QED) is 0.496. The molecule has 1 rings (SSSR count). The van der Waals surface area contributed by atoms with Gasteiger partial charge in [-0.15, -0.1) is 0 Å². The van der Waals surface area contributed by atoms with Crippen molar-refractivity contribution in [1.82, 2.24) is 16.0 Å². The summed E-state index contributed by atoms with van der Waals surface area (Å²) in [6.45, 7) is 8.33. The Bertz CT molecular complexity index is 306. The van der Waals surface area contributed by atoms with Crippen LogP contribution in [0.4, 0.5) is 0 Å². The van der Waals surface area contributed by atoms with Crippen molar-refractivity contribution in [2.45, 2.75) is 45.7 Å². The van der Waals surface area contributed by atoms with Gasteiger partial charge in [0.15, 0.2) is 5.96 Å². The highest BCUT2D eigenvalue weighted by Crippen LogP contribution is 2.28. The van der Waals surface area contributed by atoms with Crippen molar-refractivity contribution in [2.24, 2.45) is 10.9 Å². The summed E-state index contributed by atoms with van der Waals surface area (Å²) in [5.74, 6) is 1.38. The van der Waals surface area contributed by atoms with Crippen molar-refractivity contribution in [3.05, 3.63) is 0 Å². The van der Waals surface area contributed by atoms with Crippen LogP contribution in [0, 0.1) is 5.92 Å². The molecular weight excluding hydrogens is 216 g/mol. The SMILES string of the molecule is CN=C(NCC(=O)NC(C)(C)C)NC1CC1C. The fourth-order valence-corrected chi connectivity index (χ4v) is 1.52. The molecule has 2 atom stereocenters. The second-order valence-electron chi connectivity index (χ2n) is 5.69. The minimum absolute atomic E-state index is 0.0238. The second-order valence-corrected chi connectivity index (χ2v) is 5.69. The highest BCUT2D eigenvalue weighted by atomic mass is 16.2. The van der Waals surface area contributed by atoms with E-state index in [1.807, 2.05) is 20.8 Å². The number of nitrogens with zero attached hydrogens (tertiary/aromatic N) is 1. The topological polar surface area (TPSA) is 65.5 Å². The van der Waals surface area contributed by atoms with Gasteiger partial charge in [-0.2, -0.15) is 0 Å². The number of hydrogen-bond donors (Lipinski definition) is 3. The number of carbonyl (C=O) groups is 1. The van der Waals surface area contributed by atoms with Gasteiger partial charge in [-0.25, -0.2) is 0 Å². The Kier molecular flexibility index (Phi) is 4.37. The zero-order valence-electron chi connectivity index (χ0n) is 11.4. The molecule has 0 spiro atoms. The van der Waals surface area contributed by atoms with Crippen LogP contribution in [0.25, 0.3) is 0 Å². The Morgan fingerprint density at radius 3 is 2.41 bits per heavy atom. The molecule has 5 heteroatoms. The van der Waals surface area contributed by atoms with Crippen molar-refractivity contribution in [3.8, 4) is 0 Å². The molecule has 17 heavy (non-hydrogen) atoms. The Morgan fingerprint density at radius 1 is 1.41 bits per heavy atom. The minimum Gasteiger partial charge on any atom is -0.353 e. The van der Waals surface area contributed by atoms with Gasteiger partial charge in [0.05, 0.1) is 6.54 Å². The summed E-state index contributed by atoms with van der Waals surface area (Å²) in [5, 5.41) is 9.17. The van der Waals surface area contributed by atoms with Gasteiger partial charge in [0.25, 0.3) is 0 Å². The molecule has 2 unspecified atom stereocenters. The van der Waals surface area contributed by atoms with E-state index in [1.54, 1.807) is 7.05 Å². The van der Waals surface area contributed by atoms with Crippen LogP contribution < -0.4 is 16.0 Å². The molecule has 1 aliphatic carbocycles. The van der Waals surface area contributed by atoms with Gasteiger partial charge in [0.2, 0.25) is 5.91 Å². The number of guanidine groups is 1. The first kappa shape index (κ1) is 13.8. The molecule has 98 valence electrons. The lowest BCUT2D eigenvalue weighted by Crippen LogP contribution is -2.48. The van der Waals surface area contributed by atoms with Crippen molar-refractivity contribution < 1.29 is 4.79 Å². The maximum atomic E-state index is 11.6. The van der Waals surface area contributed by atoms with E-state index in [1.165, 1.54) is 6.42 Å². The number of aliphatic imine (C=N–C) groups is 1. The summed E-state index contributed by atoms with van der Waals surface area (Å²) in [6.07, 6.45) is 1.18. The van der Waals surface area contributed by atoms with Gasteiger partial charge < -0.3 is 16.0 Å². The lowest BCUT2D eigenvalue weighted by molar-refractivity contribution is -0.121. The normalized spacial score (nSPS) is 24.2. The predicted molar refractivity (Wildman–Crippen MR) is 70.0 cm³/mol. The standard InChI is InChI=1S/C12H24N4O/c1-8-6-9(8)15-11(13-5)14-7-10(17)16-12(2,3)4/h8-9H,6-7H2,1-5H3,(H,16,17)(H2,13,14,15). The number of amides is 1. The van der Waals surface area contributed by atoms with Crippen molar-refractivity contribution in [3.63, 3.8) is 0 Å². The summed E-state index contributed by atoms with van der Waals surface area (Å²) in [6, 6.07) is 0.506. The molecule has 1 fully saturated rings. The van der Waals surface area contributed by atoms with Gasteiger partial charge in [0, 0.05) is 18.6 Å². The van der Waals surface area contributed by atoms with Gasteiger partial charge in [-0.1, -0.05) is 6.92 Å². The number of carbonyl (C=O) groups excluding carboxylic acids is 1. The average Bonchev–Trinajstić information content (AvgIpc) is 2.86. The lowest BCUT2D eigenvalue weighted by Gasteiger charge is -2.21. The van der Waals surface area contributed by atoms with E-state index in [4.69, 9.17) is 0 Å². The minimum atomic E-state index is -0.194. The van der Waals surface area contributed by atoms with E-state index in [-0.39, 0.29) is 18.0 Å². The van der Waals surface area contributed by atoms with E-state index in [0.29, 0.717) is 17.9 Å². The zero-order valence-corrected chi connectivity index (χ0v) is 11.4. The van der Waals surface area contributed by atoms with Crippen LogP contribution in [0.3, 0.4) is 0 Å². The molecule has 0 aromatic rings. The summed E-state index contributed by atoms with van der Waals surface area (Å²) < 4.78 is 0. The van der Waals surface area contributed by atoms with Gasteiger partial charge >= 0.3 is 0 Å². The summed E-state index contributed by atoms with van der Waals surface area (Å²) >= 11 is 0. The summed E-state index contributed by atoms with van der Waals surface area (Å²) in [7, 11) is 1.71. The molecule has 0 aliphatic heterocycles. The Hall–Kier alpha value is -1.26. The third-order valence-electron chi connectivity index (χ3n) is 2.59. The third kappa shape index (κ3) is 5.56. The van der Waals surface area contributed by atoms with Crippen LogP contribution in [0.15, 0.2) is 4.99 Å². The third-order valence-corrected chi connectivity index (χ3v) is 2.59. The predicted octanol–water partition coefficient (Wildman–Crippen LogP) is 0.475. The summed E-state index contributed by atoms with van der Waals surface area (Å²) in [4.78, 5) is 15.7. The van der Waals surface area contributed by atoms with Gasteiger partial charge in [-0.05, 0) is 33.1 Å². The van der Waals surface area contributed by atoms with Crippen LogP contribution in [-0.2, 0) is 4.79 Å². The molecule has 5 nitrogen and oxygen atoms in total. The molecule has 0 aromatic carbocycles. The first-order valence-corrected chi connectivity index (χ1v) is 6.10. The summed E-state index contributed by atoms with van der Waals surface area (Å²) in [5.41, 5.74) is -0.194. The first-order chi connectivity index (χ1) is 7.81. The molecule has 0 bridgehead atoms. The lowest BCUT2D eigenvalue weighted by atomic mass is 10.1. The van der Waals surface area contributed by atoms with Crippen LogP contribution in [0.1, 0.15) is 34.1 Å². The fraction of sp³-hybridized carbons (Fsp3) is 0.833. The number of hydrogen-bond acceptors (Lipinski definition) is 2. The van der Waals surface area contributed by atoms with Crippen LogP contribution >= 0.6 is 0 Å². The van der Waals surface area contributed by atoms with E-state index < -0.39 is 0 Å². The van der Waals surface area contributed by atoms with Crippen molar-refractivity contribution in [1.29, 1.82) is 0 Å². The number of rotatable bonds is 3. The molecule has 0 heterocycles. The monoisotopic (exact) mass is 240 g/mol. The maximum absolute atomic E-state index is 11.6. The average molecular weight is 240 g/mol. The van der Waals surface area contributed by atoms with E-state index in [0.717, 1.165) is 0 Å². The molecule has 0 aromatic heterocycles. The number of nitrogens with one attached hydrogen (secondary N) is 3. The largest absolute Gasteiger partial charge is 0.353 e. The Labute approximate surface area is 103 Å².